The Hall–Kier alpha value is -0.900. The fourth-order valence-corrected chi connectivity index (χ4v) is 4.15. The van der Waals surface area contributed by atoms with Gasteiger partial charge < -0.3 is 24.8 Å². The molecule has 1 aliphatic heterocycles. The van der Waals surface area contributed by atoms with Crippen molar-refractivity contribution >= 4 is 29.9 Å². The SMILES string of the molecule is CN=C(NCc1cccc(COC2CCOCC2)c1)NC1CC(C)(OC)C1(C)C.I. The molecule has 1 saturated heterocycles. The van der Waals surface area contributed by atoms with Gasteiger partial charge in [0.25, 0.3) is 0 Å². The largest absolute Gasteiger partial charge is 0.381 e. The third kappa shape index (κ3) is 5.87. The lowest BCUT2D eigenvalue weighted by molar-refractivity contribution is -0.176. The van der Waals surface area contributed by atoms with Crippen LogP contribution < -0.4 is 10.6 Å². The van der Waals surface area contributed by atoms with Crippen molar-refractivity contribution in [3.8, 4) is 0 Å². The summed E-state index contributed by atoms with van der Waals surface area (Å²) in [5.41, 5.74) is 2.37. The Kier molecular flexibility index (Phi) is 9.39. The maximum absolute atomic E-state index is 6.05. The average Bonchev–Trinajstić information content (AvgIpc) is 2.75. The Morgan fingerprint density at radius 1 is 1.20 bits per heavy atom. The highest BCUT2D eigenvalue weighted by atomic mass is 127. The minimum absolute atomic E-state index is 0. The van der Waals surface area contributed by atoms with Crippen molar-refractivity contribution in [2.24, 2.45) is 10.4 Å². The highest BCUT2D eigenvalue weighted by Crippen LogP contribution is 2.51. The first-order valence-corrected chi connectivity index (χ1v) is 10.7. The van der Waals surface area contributed by atoms with Crippen LogP contribution in [-0.4, -0.2) is 51.1 Å². The first-order chi connectivity index (χ1) is 13.9. The van der Waals surface area contributed by atoms with Crippen LogP contribution in [0.4, 0.5) is 0 Å². The molecule has 2 aliphatic rings. The summed E-state index contributed by atoms with van der Waals surface area (Å²) in [4.78, 5) is 4.40. The maximum Gasteiger partial charge on any atom is 0.191 e. The normalized spacial score (nSPS) is 26.4. The molecule has 6 nitrogen and oxygen atoms in total. The zero-order chi connectivity index (χ0) is 20.9. The van der Waals surface area contributed by atoms with E-state index in [9.17, 15) is 0 Å². The standard InChI is InChI=1S/C23H37N3O3.HI/c1-22(2)20(14-23(22,3)27-5)26-21(24-4)25-15-17-7-6-8-18(13-17)16-29-19-9-11-28-12-10-19;/h6-8,13,19-20H,9-12,14-16H2,1-5H3,(H2,24,25,26);1H. The minimum atomic E-state index is -0.0949. The van der Waals surface area contributed by atoms with Gasteiger partial charge in [0.05, 0.1) is 18.3 Å². The Balaban J connectivity index is 0.00000320. The van der Waals surface area contributed by atoms with E-state index in [0.29, 0.717) is 18.8 Å². The van der Waals surface area contributed by atoms with Gasteiger partial charge in [-0.3, -0.25) is 4.99 Å². The van der Waals surface area contributed by atoms with Crippen LogP contribution in [0.2, 0.25) is 0 Å². The predicted octanol–water partition coefficient (Wildman–Crippen LogP) is 3.87. The van der Waals surface area contributed by atoms with E-state index in [2.05, 4.69) is 60.7 Å². The third-order valence-electron chi connectivity index (χ3n) is 6.92. The second-order valence-electron chi connectivity index (χ2n) is 8.93. The molecule has 0 amide bonds. The number of nitrogens with zero attached hydrogens (tertiary/aromatic N) is 1. The zero-order valence-electron chi connectivity index (χ0n) is 19.0. The number of hydrogen-bond acceptors (Lipinski definition) is 4. The minimum Gasteiger partial charge on any atom is -0.381 e. The summed E-state index contributed by atoms with van der Waals surface area (Å²) in [6.07, 6.45) is 3.26. The van der Waals surface area contributed by atoms with Crippen LogP contribution in [0.15, 0.2) is 29.3 Å². The van der Waals surface area contributed by atoms with E-state index in [1.807, 2.05) is 7.05 Å². The van der Waals surface area contributed by atoms with Crippen LogP contribution in [0.5, 0.6) is 0 Å². The number of ether oxygens (including phenoxy) is 3. The van der Waals surface area contributed by atoms with Gasteiger partial charge in [0.1, 0.15) is 0 Å². The smallest absolute Gasteiger partial charge is 0.191 e. The maximum atomic E-state index is 6.05. The van der Waals surface area contributed by atoms with E-state index in [-0.39, 0.29) is 35.0 Å². The van der Waals surface area contributed by atoms with Crippen LogP contribution >= 0.6 is 24.0 Å². The van der Waals surface area contributed by atoms with Gasteiger partial charge in [0, 0.05) is 45.4 Å². The van der Waals surface area contributed by atoms with E-state index in [4.69, 9.17) is 14.2 Å². The van der Waals surface area contributed by atoms with Crippen molar-refractivity contribution in [1.29, 1.82) is 0 Å². The molecule has 0 radical (unpaired) electrons. The molecule has 2 atom stereocenters. The molecule has 1 saturated carbocycles. The monoisotopic (exact) mass is 531 g/mol. The quantitative estimate of drug-likeness (QED) is 0.318. The summed E-state index contributed by atoms with van der Waals surface area (Å²) in [5.74, 6) is 0.824. The molecule has 0 bridgehead atoms. The van der Waals surface area contributed by atoms with Crippen LogP contribution in [0.25, 0.3) is 0 Å². The van der Waals surface area contributed by atoms with Gasteiger partial charge in [0.15, 0.2) is 5.96 Å². The molecule has 1 aliphatic carbocycles. The second kappa shape index (κ2) is 11.1. The van der Waals surface area contributed by atoms with E-state index in [1.165, 1.54) is 11.1 Å². The first-order valence-electron chi connectivity index (χ1n) is 10.7. The molecule has 7 heteroatoms. The number of nitrogens with one attached hydrogen (secondary N) is 2. The first kappa shape index (κ1) is 25.4. The molecule has 30 heavy (non-hydrogen) atoms. The number of hydrogen-bond donors (Lipinski definition) is 2. The molecule has 0 spiro atoms. The number of halogens is 1. The Morgan fingerprint density at radius 3 is 2.53 bits per heavy atom. The average molecular weight is 531 g/mol. The van der Waals surface area contributed by atoms with E-state index in [0.717, 1.165) is 45.0 Å². The van der Waals surface area contributed by atoms with Gasteiger partial charge in [0.2, 0.25) is 0 Å². The van der Waals surface area contributed by atoms with Gasteiger partial charge in [-0.2, -0.15) is 0 Å². The van der Waals surface area contributed by atoms with Gasteiger partial charge in [-0.1, -0.05) is 38.1 Å². The fourth-order valence-electron chi connectivity index (χ4n) is 4.15. The van der Waals surface area contributed by atoms with Crippen molar-refractivity contribution < 1.29 is 14.2 Å². The number of rotatable bonds is 7. The molecule has 2 N–H and O–H groups in total. The topological polar surface area (TPSA) is 64.1 Å². The second-order valence-corrected chi connectivity index (χ2v) is 8.93. The van der Waals surface area contributed by atoms with E-state index < -0.39 is 0 Å². The van der Waals surface area contributed by atoms with Crippen molar-refractivity contribution in [1.82, 2.24) is 10.6 Å². The van der Waals surface area contributed by atoms with E-state index >= 15 is 0 Å². The molecule has 170 valence electrons. The van der Waals surface area contributed by atoms with Crippen LogP contribution in [0, 0.1) is 5.41 Å². The highest BCUT2D eigenvalue weighted by Gasteiger charge is 2.58. The summed E-state index contributed by atoms with van der Waals surface area (Å²) in [7, 11) is 3.61. The lowest BCUT2D eigenvalue weighted by Crippen LogP contribution is -2.69. The van der Waals surface area contributed by atoms with Crippen LogP contribution in [0.1, 0.15) is 51.2 Å². The van der Waals surface area contributed by atoms with Gasteiger partial charge >= 0.3 is 0 Å². The molecule has 1 aromatic carbocycles. The van der Waals surface area contributed by atoms with Crippen molar-refractivity contribution in [3.63, 3.8) is 0 Å². The van der Waals surface area contributed by atoms with Crippen molar-refractivity contribution in [3.05, 3.63) is 35.4 Å². The summed E-state index contributed by atoms with van der Waals surface area (Å²) in [6, 6.07) is 8.88. The Bertz CT molecular complexity index is 707. The summed E-state index contributed by atoms with van der Waals surface area (Å²) in [6.45, 7) is 9.65. The number of methoxy groups -OCH3 is 1. The summed E-state index contributed by atoms with van der Waals surface area (Å²) in [5, 5.41) is 7.00. The van der Waals surface area contributed by atoms with Crippen LogP contribution in [0.3, 0.4) is 0 Å². The summed E-state index contributed by atoms with van der Waals surface area (Å²) < 4.78 is 17.2. The highest BCUT2D eigenvalue weighted by molar-refractivity contribution is 14.0. The third-order valence-corrected chi connectivity index (χ3v) is 6.92. The number of benzene rings is 1. The predicted molar refractivity (Wildman–Crippen MR) is 131 cm³/mol. The van der Waals surface area contributed by atoms with Gasteiger partial charge in [-0.05, 0) is 37.3 Å². The molecule has 1 heterocycles. The fraction of sp³-hybridized carbons (Fsp3) is 0.696. The molecule has 1 aromatic rings. The molecule has 3 rings (SSSR count). The Morgan fingerprint density at radius 2 is 1.90 bits per heavy atom. The molecule has 0 aromatic heterocycles. The lowest BCUT2D eigenvalue weighted by atomic mass is 9.56. The molecular weight excluding hydrogens is 493 g/mol. The zero-order valence-corrected chi connectivity index (χ0v) is 21.3. The van der Waals surface area contributed by atoms with Crippen LogP contribution in [-0.2, 0) is 27.4 Å². The van der Waals surface area contributed by atoms with Crippen molar-refractivity contribution in [2.45, 2.75) is 70.9 Å². The lowest BCUT2D eigenvalue weighted by Gasteiger charge is -2.59. The molecular formula is C23H38IN3O3. The molecule has 2 fully saturated rings. The molecule has 2 unspecified atom stereocenters. The number of aliphatic imine (C=N–C) groups is 1. The Labute approximate surface area is 198 Å². The van der Waals surface area contributed by atoms with Crippen molar-refractivity contribution in [2.75, 3.05) is 27.4 Å². The van der Waals surface area contributed by atoms with E-state index in [1.54, 1.807) is 7.11 Å². The summed E-state index contributed by atoms with van der Waals surface area (Å²) >= 11 is 0. The number of guanidine groups is 1. The van der Waals surface area contributed by atoms with Gasteiger partial charge in [-0.25, -0.2) is 0 Å². The van der Waals surface area contributed by atoms with Gasteiger partial charge in [-0.15, -0.1) is 24.0 Å².